The fourth-order valence-corrected chi connectivity index (χ4v) is 0.589. The van der Waals surface area contributed by atoms with Crippen molar-refractivity contribution in [3.8, 4) is 0 Å². The molecule has 0 N–H and O–H groups in total. The molecule has 1 aromatic carbocycles. The molecule has 0 saturated heterocycles. The maximum absolute atomic E-state index is 9.14. The van der Waals surface area contributed by atoms with E-state index in [-0.39, 0.29) is 18.9 Å². The van der Waals surface area contributed by atoms with Crippen molar-refractivity contribution in [2.45, 2.75) is 0 Å². The average molecular weight is 182 g/mol. The van der Waals surface area contributed by atoms with Crippen LogP contribution >= 0.6 is 0 Å². The molecule has 1 aromatic rings. The fraction of sp³-hybridized carbons (Fsp3) is 0. The zero-order valence-corrected chi connectivity index (χ0v) is 8.27. The summed E-state index contributed by atoms with van der Waals surface area (Å²) in [7, 11) is 0. The van der Waals surface area contributed by atoms with Crippen LogP contribution in [0.15, 0.2) is 49.6 Å². The Kier molecular flexibility index (Phi) is 10.7. The van der Waals surface area contributed by atoms with E-state index in [2.05, 4.69) is 13.2 Å². The van der Waals surface area contributed by atoms with Crippen molar-refractivity contribution >= 4 is 12.0 Å². The van der Waals surface area contributed by atoms with E-state index >= 15 is 0 Å². The first-order chi connectivity index (χ1) is 6.20. The van der Waals surface area contributed by atoms with Crippen LogP contribution in [0.4, 0.5) is 0 Å². The Labute approximate surface area is 96.1 Å². The van der Waals surface area contributed by atoms with E-state index in [0.717, 1.165) is 6.08 Å². The Balaban J connectivity index is 0. The third kappa shape index (κ3) is 8.86. The summed E-state index contributed by atoms with van der Waals surface area (Å²) >= 11 is 0. The predicted octanol–water partition coefficient (Wildman–Crippen LogP) is -1.74. The number of carbonyl (C=O) groups excluding carboxylic acids is 1. The maximum Gasteiger partial charge on any atom is 1.00 e. The van der Waals surface area contributed by atoms with Gasteiger partial charge in [-0.05, 0) is 11.6 Å². The smallest absolute Gasteiger partial charge is 0.545 e. The minimum absolute atomic E-state index is 0. The molecule has 1 rings (SSSR count). The molecule has 0 amide bonds. The number of hydrogen-bond acceptors (Lipinski definition) is 2. The molecule has 2 nitrogen and oxygen atoms in total. The molecule has 0 radical (unpaired) electrons. The number of benzene rings is 1. The summed E-state index contributed by atoms with van der Waals surface area (Å²) < 4.78 is 0. The minimum atomic E-state index is -1.23. The normalized spacial score (nSPS) is 7.14. The zero-order valence-electron chi connectivity index (χ0n) is 8.27. The molecule has 0 aliphatic rings. The van der Waals surface area contributed by atoms with E-state index in [1.807, 2.05) is 36.4 Å². The molecule has 14 heavy (non-hydrogen) atoms. The van der Waals surface area contributed by atoms with Crippen LogP contribution < -0.4 is 24.0 Å². The van der Waals surface area contributed by atoms with Crippen LogP contribution in [0.2, 0.25) is 0 Å². The fourth-order valence-electron chi connectivity index (χ4n) is 0.589. The number of rotatable bonds is 2. The Morgan fingerprint density at radius 3 is 1.86 bits per heavy atom. The molecule has 0 aliphatic heterocycles. The third-order valence-corrected chi connectivity index (χ3v) is 1.20. The van der Waals surface area contributed by atoms with Crippen LogP contribution in [0.25, 0.3) is 6.08 Å². The van der Waals surface area contributed by atoms with Crippen LogP contribution in [-0.2, 0) is 4.79 Å². The molecule has 0 unspecified atom stereocenters. The predicted molar refractivity (Wildman–Crippen MR) is 51.7 cm³/mol. The van der Waals surface area contributed by atoms with Crippen LogP contribution in [-0.4, -0.2) is 5.97 Å². The molecule has 3 heteroatoms. The van der Waals surface area contributed by atoms with E-state index < -0.39 is 5.97 Å². The van der Waals surface area contributed by atoms with Gasteiger partial charge in [-0.15, -0.1) is 0 Å². The van der Waals surface area contributed by atoms with Gasteiger partial charge in [-0.2, -0.15) is 0 Å². The van der Waals surface area contributed by atoms with Gasteiger partial charge in [-0.25, -0.2) is 0 Å². The largest absolute Gasteiger partial charge is 1.00 e. The molecule has 0 bridgehead atoms. The molecule has 0 spiro atoms. The molecule has 0 atom stereocenters. The van der Waals surface area contributed by atoms with Gasteiger partial charge in [0.25, 0.3) is 0 Å². The van der Waals surface area contributed by atoms with E-state index in [4.69, 9.17) is 9.90 Å². The van der Waals surface area contributed by atoms with Gasteiger partial charge in [-0.3, -0.25) is 0 Å². The summed E-state index contributed by atoms with van der Waals surface area (Å²) in [6, 6.07) is 10.0. The van der Waals surface area contributed by atoms with Crippen molar-refractivity contribution in [3.05, 3.63) is 55.1 Å². The Morgan fingerprint density at radius 1 is 1.21 bits per heavy atom. The van der Waals surface area contributed by atoms with Crippen LogP contribution in [0, 0.1) is 0 Å². The van der Waals surface area contributed by atoms with Gasteiger partial charge in [0, 0.05) is 0 Å². The summed E-state index contributed by atoms with van der Waals surface area (Å²) in [5.74, 6) is -1.23. The number of hydrogen-bond donors (Lipinski definition) is 0. The summed E-state index contributed by atoms with van der Waals surface area (Å²) in [6.45, 7) is 6.53. The van der Waals surface area contributed by atoms with Crippen molar-refractivity contribution in [2.24, 2.45) is 0 Å². The first kappa shape index (κ1) is 15.2. The number of carbonyl (C=O) groups is 1. The summed E-state index contributed by atoms with van der Waals surface area (Å²) in [4.78, 5) is 9.14. The first-order valence-corrected chi connectivity index (χ1v) is 3.71. The number of carboxylic acid groups (broad SMARTS) is 1. The molecular formula is C11H11LiO2. The summed E-state index contributed by atoms with van der Waals surface area (Å²) in [5.41, 5.74) is 1.17. The summed E-state index contributed by atoms with van der Waals surface area (Å²) in [5, 5.41) is 9.14. The van der Waals surface area contributed by atoms with Crippen LogP contribution in [0.1, 0.15) is 5.56 Å². The van der Waals surface area contributed by atoms with Gasteiger partial charge in [0.1, 0.15) is 0 Å². The molecule has 0 heterocycles. The quantitative estimate of drug-likeness (QED) is 0.402. The van der Waals surface area contributed by atoms with Crippen molar-refractivity contribution in [1.29, 1.82) is 0 Å². The first-order valence-electron chi connectivity index (χ1n) is 3.71. The van der Waals surface area contributed by atoms with Gasteiger partial charge in [0.2, 0.25) is 0 Å². The van der Waals surface area contributed by atoms with Gasteiger partial charge >= 0.3 is 18.9 Å². The molecule has 0 aliphatic carbocycles. The van der Waals surface area contributed by atoms with E-state index in [1.54, 1.807) is 0 Å². The van der Waals surface area contributed by atoms with Crippen molar-refractivity contribution < 1.29 is 28.8 Å². The van der Waals surface area contributed by atoms with Gasteiger partial charge in [-0.1, -0.05) is 49.6 Å². The van der Waals surface area contributed by atoms with Crippen molar-refractivity contribution in [3.63, 3.8) is 0 Å². The second kappa shape index (κ2) is 9.85. The standard InChI is InChI=1S/C8H8.C3H4O2.Li/c1-2-8-6-4-3-5-7-8;1-2-3(4)5;/h2-7H,1H2;2H,1H2,(H,4,5);/q;;+1/p-1. The van der Waals surface area contributed by atoms with Crippen LogP contribution in [0.3, 0.4) is 0 Å². The van der Waals surface area contributed by atoms with Gasteiger partial charge in [0.15, 0.2) is 0 Å². The van der Waals surface area contributed by atoms with Crippen molar-refractivity contribution in [1.82, 2.24) is 0 Å². The monoisotopic (exact) mass is 182 g/mol. The molecule has 68 valence electrons. The second-order valence-electron chi connectivity index (χ2n) is 2.14. The Bertz CT molecular complexity index is 281. The summed E-state index contributed by atoms with van der Waals surface area (Å²) in [6.07, 6.45) is 2.56. The molecule has 0 aromatic heterocycles. The zero-order chi connectivity index (χ0) is 10.1. The van der Waals surface area contributed by atoms with Crippen LogP contribution in [0.5, 0.6) is 0 Å². The second-order valence-corrected chi connectivity index (χ2v) is 2.14. The minimum Gasteiger partial charge on any atom is -0.545 e. The van der Waals surface area contributed by atoms with E-state index in [0.29, 0.717) is 0 Å². The number of carboxylic acids is 1. The van der Waals surface area contributed by atoms with Crippen molar-refractivity contribution in [2.75, 3.05) is 0 Å². The SMILES string of the molecule is C=CC(=O)[O-].C=Cc1ccccc1.[Li+]. The van der Waals surface area contributed by atoms with Gasteiger partial charge in [0.05, 0.1) is 5.97 Å². The topological polar surface area (TPSA) is 40.1 Å². The van der Waals surface area contributed by atoms with E-state index in [1.165, 1.54) is 5.56 Å². The number of aliphatic carboxylic acids is 1. The van der Waals surface area contributed by atoms with Gasteiger partial charge < -0.3 is 9.90 Å². The maximum atomic E-state index is 9.14. The molecule has 0 saturated carbocycles. The molecule has 0 fully saturated rings. The Hall–Kier alpha value is -1.23. The Morgan fingerprint density at radius 2 is 1.64 bits per heavy atom. The van der Waals surface area contributed by atoms with E-state index in [9.17, 15) is 0 Å². The molecular weight excluding hydrogens is 171 g/mol. The third-order valence-electron chi connectivity index (χ3n) is 1.20. The average Bonchev–Trinajstić information content (AvgIpc) is 2.20.